The van der Waals surface area contributed by atoms with Crippen molar-refractivity contribution in [2.75, 3.05) is 18.2 Å². The zero-order valence-corrected chi connectivity index (χ0v) is 15.6. The zero-order valence-electron chi connectivity index (χ0n) is 14.8. The molecular formula is C19H21NO5S. The van der Waals surface area contributed by atoms with Crippen LogP contribution in [0.1, 0.15) is 24.2 Å². The van der Waals surface area contributed by atoms with Gasteiger partial charge >= 0.3 is 5.97 Å². The molecule has 0 fully saturated rings. The van der Waals surface area contributed by atoms with Crippen molar-refractivity contribution in [2.24, 2.45) is 0 Å². The number of hydrogen-bond acceptors (Lipinski definition) is 5. The number of amides is 1. The molecular weight excluding hydrogens is 354 g/mol. The van der Waals surface area contributed by atoms with Gasteiger partial charge in [-0.15, -0.1) is 11.8 Å². The summed E-state index contributed by atoms with van der Waals surface area (Å²) in [7, 11) is 1.59. The van der Waals surface area contributed by atoms with Crippen molar-refractivity contribution < 1.29 is 24.2 Å². The number of hydrogen-bond donors (Lipinski definition) is 2. The fourth-order valence-corrected chi connectivity index (χ4v) is 2.89. The second-order valence-corrected chi connectivity index (χ2v) is 6.75. The molecule has 2 rings (SSSR count). The van der Waals surface area contributed by atoms with E-state index in [0.717, 1.165) is 10.6 Å². The van der Waals surface area contributed by atoms with Crippen molar-refractivity contribution in [2.45, 2.75) is 24.8 Å². The highest BCUT2D eigenvalue weighted by molar-refractivity contribution is 8.00. The van der Waals surface area contributed by atoms with Crippen molar-refractivity contribution in [3.05, 3.63) is 48.0 Å². The number of carbonyl (C=O) groups excluding carboxylic acids is 1. The average molecular weight is 375 g/mol. The van der Waals surface area contributed by atoms with E-state index >= 15 is 0 Å². The molecule has 0 saturated carbocycles. The van der Waals surface area contributed by atoms with E-state index in [1.54, 1.807) is 13.2 Å². The number of methoxy groups -OCH3 is 1. The first kappa shape index (κ1) is 19.7. The Morgan fingerprint density at radius 3 is 2.62 bits per heavy atom. The largest absolute Gasteiger partial charge is 0.497 e. The molecule has 0 radical (unpaired) electrons. The molecule has 0 atom stereocenters. The van der Waals surface area contributed by atoms with Gasteiger partial charge in [0.05, 0.1) is 30.2 Å². The lowest BCUT2D eigenvalue weighted by molar-refractivity contribution is -0.113. The lowest BCUT2D eigenvalue weighted by atomic mass is 10.2. The SMILES string of the molecule is COc1cccc(SCC(=O)Nc2cc(C(=O)O)ccc2OC(C)C)c1. The lowest BCUT2D eigenvalue weighted by Crippen LogP contribution is -2.16. The quantitative estimate of drug-likeness (QED) is 0.681. The topological polar surface area (TPSA) is 84.9 Å². The van der Waals surface area contributed by atoms with E-state index in [1.165, 1.54) is 23.9 Å². The highest BCUT2D eigenvalue weighted by atomic mass is 32.2. The van der Waals surface area contributed by atoms with Gasteiger partial charge in [-0.3, -0.25) is 4.79 Å². The van der Waals surface area contributed by atoms with Crippen LogP contribution in [0.15, 0.2) is 47.4 Å². The summed E-state index contributed by atoms with van der Waals surface area (Å²) >= 11 is 1.36. The lowest BCUT2D eigenvalue weighted by Gasteiger charge is -2.15. The molecule has 0 aromatic heterocycles. The highest BCUT2D eigenvalue weighted by Gasteiger charge is 2.13. The Kier molecular flexibility index (Phi) is 6.91. The number of rotatable bonds is 8. The second kappa shape index (κ2) is 9.15. The third-order valence-corrected chi connectivity index (χ3v) is 4.27. The van der Waals surface area contributed by atoms with Crippen LogP contribution < -0.4 is 14.8 Å². The van der Waals surface area contributed by atoms with Crippen LogP contribution >= 0.6 is 11.8 Å². The third-order valence-electron chi connectivity index (χ3n) is 3.27. The van der Waals surface area contributed by atoms with Crippen LogP contribution in [0.4, 0.5) is 5.69 Å². The fraction of sp³-hybridized carbons (Fsp3) is 0.263. The molecule has 2 N–H and O–H groups in total. The van der Waals surface area contributed by atoms with Crippen LogP contribution in [0.3, 0.4) is 0 Å². The smallest absolute Gasteiger partial charge is 0.335 e. The Balaban J connectivity index is 2.08. The predicted octanol–water partition coefficient (Wildman–Crippen LogP) is 3.91. The van der Waals surface area contributed by atoms with Gasteiger partial charge in [0.1, 0.15) is 11.5 Å². The van der Waals surface area contributed by atoms with Crippen molar-refractivity contribution in [1.29, 1.82) is 0 Å². The molecule has 2 aromatic carbocycles. The molecule has 6 nitrogen and oxygen atoms in total. The second-order valence-electron chi connectivity index (χ2n) is 5.70. The summed E-state index contributed by atoms with van der Waals surface area (Å²) in [6.07, 6.45) is -0.104. The van der Waals surface area contributed by atoms with E-state index in [0.29, 0.717) is 11.4 Å². The maximum Gasteiger partial charge on any atom is 0.335 e. The molecule has 0 spiro atoms. The van der Waals surface area contributed by atoms with Crippen LogP contribution in [0, 0.1) is 0 Å². The van der Waals surface area contributed by atoms with Crippen molar-refractivity contribution in [1.82, 2.24) is 0 Å². The van der Waals surface area contributed by atoms with E-state index in [-0.39, 0.29) is 23.3 Å². The van der Waals surface area contributed by atoms with Crippen LogP contribution in [-0.4, -0.2) is 35.9 Å². The van der Waals surface area contributed by atoms with Crippen molar-refractivity contribution in [3.8, 4) is 11.5 Å². The molecule has 2 aromatic rings. The van der Waals surface area contributed by atoms with Gasteiger partial charge in [-0.25, -0.2) is 4.79 Å². The number of anilines is 1. The maximum atomic E-state index is 12.3. The van der Waals surface area contributed by atoms with Gasteiger partial charge in [-0.1, -0.05) is 6.07 Å². The normalized spacial score (nSPS) is 10.5. The first-order valence-corrected chi connectivity index (χ1v) is 8.98. The summed E-state index contributed by atoms with van der Waals surface area (Å²) in [6.45, 7) is 3.71. The van der Waals surface area contributed by atoms with E-state index in [1.807, 2.05) is 38.1 Å². The van der Waals surface area contributed by atoms with Crippen LogP contribution in [0.2, 0.25) is 0 Å². The summed E-state index contributed by atoms with van der Waals surface area (Å²) in [5, 5.41) is 11.9. The van der Waals surface area contributed by atoms with Gasteiger partial charge in [0.2, 0.25) is 5.91 Å². The molecule has 26 heavy (non-hydrogen) atoms. The molecule has 0 aliphatic carbocycles. The van der Waals surface area contributed by atoms with Crippen molar-refractivity contribution in [3.63, 3.8) is 0 Å². The number of carboxylic acids is 1. The van der Waals surface area contributed by atoms with Gasteiger partial charge in [0, 0.05) is 4.90 Å². The maximum absolute atomic E-state index is 12.3. The molecule has 7 heteroatoms. The molecule has 0 unspecified atom stereocenters. The minimum Gasteiger partial charge on any atom is -0.497 e. The summed E-state index contributed by atoms with van der Waals surface area (Å²) in [5.74, 6) is 0.00391. The van der Waals surface area contributed by atoms with Gasteiger partial charge in [0.15, 0.2) is 0 Å². The third kappa shape index (κ3) is 5.70. The van der Waals surface area contributed by atoms with Crippen LogP contribution in [0.5, 0.6) is 11.5 Å². The van der Waals surface area contributed by atoms with Gasteiger partial charge < -0.3 is 19.9 Å². The van der Waals surface area contributed by atoms with Gasteiger partial charge in [0.25, 0.3) is 0 Å². The number of benzene rings is 2. The van der Waals surface area contributed by atoms with E-state index in [9.17, 15) is 9.59 Å². The first-order chi connectivity index (χ1) is 12.4. The van der Waals surface area contributed by atoms with Gasteiger partial charge in [-0.2, -0.15) is 0 Å². The monoisotopic (exact) mass is 375 g/mol. The molecule has 0 heterocycles. The van der Waals surface area contributed by atoms with Crippen LogP contribution in [-0.2, 0) is 4.79 Å². The van der Waals surface area contributed by atoms with E-state index in [2.05, 4.69) is 5.32 Å². The molecule has 0 bridgehead atoms. The summed E-state index contributed by atoms with van der Waals surface area (Å²) in [6, 6.07) is 11.8. The number of carbonyl (C=O) groups is 2. The molecule has 0 saturated heterocycles. The van der Waals surface area contributed by atoms with E-state index < -0.39 is 5.97 Å². The predicted molar refractivity (Wildman–Crippen MR) is 102 cm³/mol. The number of nitrogens with one attached hydrogen (secondary N) is 1. The van der Waals surface area contributed by atoms with E-state index in [4.69, 9.17) is 14.6 Å². The standard InChI is InChI=1S/C19H21NO5S/c1-12(2)25-17-8-7-13(19(22)23)9-16(17)20-18(21)11-26-15-6-4-5-14(10-15)24-3/h4-10,12H,11H2,1-3H3,(H,20,21)(H,22,23). The van der Waals surface area contributed by atoms with Gasteiger partial charge in [-0.05, 0) is 50.2 Å². The van der Waals surface area contributed by atoms with Crippen molar-refractivity contribution >= 4 is 29.3 Å². The average Bonchev–Trinajstić information content (AvgIpc) is 2.61. The number of ether oxygens (including phenoxy) is 2. The number of carboxylic acid groups (broad SMARTS) is 1. The molecule has 0 aliphatic rings. The molecule has 138 valence electrons. The van der Waals surface area contributed by atoms with Crippen LogP contribution in [0.25, 0.3) is 0 Å². The summed E-state index contributed by atoms with van der Waals surface area (Å²) < 4.78 is 10.8. The Morgan fingerprint density at radius 1 is 1.19 bits per heavy atom. The Bertz CT molecular complexity index is 791. The Labute approximate surface area is 156 Å². The number of aromatic carboxylic acids is 1. The minimum absolute atomic E-state index is 0.0804. The highest BCUT2D eigenvalue weighted by Crippen LogP contribution is 2.28. The molecule has 0 aliphatic heterocycles. The summed E-state index contributed by atoms with van der Waals surface area (Å²) in [4.78, 5) is 24.4. The molecule has 1 amide bonds. The Morgan fingerprint density at radius 2 is 1.96 bits per heavy atom. The number of thioether (sulfide) groups is 1. The summed E-state index contributed by atoms with van der Waals surface area (Å²) in [5.41, 5.74) is 0.423. The minimum atomic E-state index is -1.07. The zero-order chi connectivity index (χ0) is 19.1. The fourth-order valence-electron chi connectivity index (χ4n) is 2.14. The first-order valence-electron chi connectivity index (χ1n) is 7.99. The Hall–Kier alpha value is -2.67.